The summed E-state index contributed by atoms with van der Waals surface area (Å²) in [6.45, 7) is 1.98. The summed E-state index contributed by atoms with van der Waals surface area (Å²) in [6.07, 6.45) is 4.93. The molecule has 0 saturated heterocycles. The topological polar surface area (TPSA) is 76.4 Å². The van der Waals surface area contributed by atoms with E-state index in [1.165, 1.54) is 37.5 Å². The molecule has 4 atom stereocenters. The summed E-state index contributed by atoms with van der Waals surface area (Å²) < 4.78 is 33.3. The molecule has 6 heteroatoms. The normalized spacial score (nSPS) is 27.6. The molecular formula is C18H21NO4S. The van der Waals surface area contributed by atoms with Gasteiger partial charge in [-0.3, -0.25) is 0 Å². The van der Waals surface area contributed by atoms with Crippen LogP contribution in [0.1, 0.15) is 32.6 Å². The van der Waals surface area contributed by atoms with Crippen LogP contribution in [0.5, 0.6) is 0 Å². The van der Waals surface area contributed by atoms with Crippen LogP contribution in [0.4, 0.5) is 0 Å². The Kier molecular flexibility index (Phi) is 3.77. The maximum atomic E-state index is 12.7. The van der Waals surface area contributed by atoms with E-state index in [1.807, 2.05) is 6.92 Å². The van der Waals surface area contributed by atoms with Crippen LogP contribution in [0, 0.1) is 17.8 Å². The SMILES string of the molecule is CC(NS(=O)(=O)c1ccc2oc(=O)ccc2c1)C1CC2CCC1C2. The first-order chi connectivity index (χ1) is 11.4. The molecule has 0 spiro atoms. The van der Waals surface area contributed by atoms with Gasteiger partial charge < -0.3 is 4.42 Å². The molecule has 2 aliphatic carbocycles. The second-order valence-electron chi connectivity index (χ2n) is 7.20. The van der Waals surface area contributed by atoms with Gasteiger partial charge >= 0.3 is 5.63 Å². The number of benzene rings is 1. The summed E-state index contributed by atoms with van der Waals surface area (Å²) >= 11 is 0. The minimum absolute atomic E-state index is 0.0605. The van der Waals surface area contributed by atoms with Crippen LogP contribution in [0.25, 0.3) is 11.0 Å². The lowest BCUT2D eigenvalue weighted by Crippen LogP contribution is -2.40. The van der Waals surface area contributed by atoms with Crippen molar-refractivity contribution >= 4 is 21.0 Å². The number of hydrogen-bond acceptors (Lipinski definition) is 4. The van der Waals surface area contributed by atoms with E-state index in [0.717, 1.165) is 12.3 Å². The van der Waals surface area contributed by atoms with E-state index in [4.69, 9.17) is 4.42 Å². The van der Waals surface area contributed by atoms with Crippen molar-refractivity contribution in [2.45, 2.75) is 43.5 Å². The molecule has 1 heterocycles. The van der Waals surface area contributed by atoms with Gasteiger partial charge in [-0.15, -0.1) is 0 Å². The van der Waals surface area contributed by atoms with Gasteiger partial charge in [-0.25, -0.2) is 17.9 Å². The largest absolute Gasteiger partial charge is 0.423 e. The average molecular weight is 347 g/mol. The van der Waals surface area contributed by atoms with E-state index in [1.54, 1.807) is 12.1 Å². The highest BCUT2D eigenvalue weighted by molar-refractivity contribution is 7.89. The quantitative estimate of drug-likeness (QED) is 0.863. The lowest BCUT2D eigenvalue weighted by atomic mass is 9.84. The number of hydrogen-bond donors (Lipinski definition) is 1. The standard InChI is InChI=1S/C18H21NO4S/c1-11(16-9-12-2-3-13(16)8-12)19-24(21,22)15-5-6-17-14(10-15)4-7-18(20)23-17/h4-7,10-13,16,19H,2-3,8-9H2,1H3. The molecular weight excluding hydrogens is 326 g/mol. The van der Waals surface area contributed by atoms with Crippen LogP contribution in [-0.2, 0) is 10.0 Å². The fraction of sp³-hybridized carbons (Fsp3) is 0.500. The van der Waals surface area contributed by atoms with Crippen molar-refractivity contribution in [3.8, 4) is 0 Å². The summed E-state index contributed by atoms with van der Waals surface area (Å²) in [6, 6.07) is 7.39. The van der Waals surface area contributed by atoms with Crippen LogP contribution >= 0.6 is 0 Å². The number of fused-ring (bicyclic) bond motifs is 3. The zero-order valence-electron chi connectivity index (χ0n) is 13.6. The van der Waals surface area contributed by atoms with Gasteiger partial charge in [0.05, 0.1) is 4.90 Å². The van der Waals surface area contributed by atoms with Crippen molar-refractivity contribution < 1.29 is 12.8 Å². The molecule has 4 rings (SSSR count). The van der Waals surface area contributed by atoms with Crippen molar-refractivity contribution in [3.05, 3.63) is 40.8 Å². The molecule has 5 nitrogen and oxygen atoms in total. The van der Waals surface area contributed by atoms with Gasteiger partial charge in [0.1, 0.15) is 5.58 Å². The van der Waals surface area contributed by atoms with Gasteiger partial charge in [-0.1, -0.05) is 6.42 Å². The molecule has 24 heavy (non-hydrogen) atoms. The maximum Gasteiger partial charge on any atom is 0.336 e. The summed E-state index contributed by atoms with van der Waals surface area (Å²) in [4.78, 5) is 11.4. The molecule has 1 aromatic heterocycles. The Balaban J connectivity index is 1.58. The zero-order valence-corrected chi connectivity index (χ0v) is 14.4. The lowest BCUT2D eigenvalue weighted by molar-refractivity contribution is 0.280. The lowest BCUT2D eigenvalue weighted by Gasteiger charge is -2.28. The fourth-order valence-corrected chi connectivity index (χ4v) is 5.85. The third kappa shape index (κ3) is 2.78. The van der Waals surface area contributed by atoms with E-state index in [9.17, 15) is 13.2 Å². The van der Waals surface area contributed by atoms with Crippen LogP contribution in [-0.4, -0.2) is 14.5 Å². The Morgan fingerprint density at radius 3 is 2.71 bits per heavy atom. The highest BCUT2D eigenvalue weighted by Crippen LogP contribution is 2.49. The van der Waals surface area contributed by atoms with Gasteiger partial charge in [-0.2, -0.15) is 0 Å². The fourth-order valence-electron chi connectivity index (χ4n) is 4.52. The molecule has 0 radical (unpaired) electrons. The molecule has 2 aliphatic rings. The van der Waals surface area contributed by atoms with Crippen LogP contribution in [0.3, 0.4) is 0 Å². The minimum atomic E-state index is -3.59. The van der Waals surface area contributed by atoms with Gasteiger partial charge in [0.15, 0.2) is 0 Å². The third-order valence-electron chi connectivity index (χ3n) is 5.68. The second-order valence-corrected chi connectivity index (χ2v) is 8.92. The molecule has 4 unspecified atom stereocenters. The Morgan fingerprint density at radius 1 is 1.17 bits per heavy atom. The molecule has 2 bridgehead atoms. The second kappa shape index (κ2) is 5.70. The molecule has 2 fully saturated rings. The van der Waals surface area contributed by atoms with Gasteiger partial charge in [0.25, 0.3) is 0 Å². The van der Waals surface area contributed by atoms with Crippen LogP contribution < -0.4 is 10.3 Å². The van der Waals surface area contributed by atoms with Gasteiger partial charge in [0, 0.05) is 17.5 Å². The van der Waals surface area contributed by atoms with E-state index in [0.29, 0.717) is 22.8 Å². The molecule has 2 saturated carbocycles. The van der Waals surface area contributed by atoms with E-state index >= 15 is 0 Å². The molecule has 1 N–H and O–H groups in total. The number of sulfonamides is 1. The highest BCUT2D eigenvalue weighted by Gasteiger charge is 2.42. The minimum Gasteiger partial charge on any atom is -0.423 e. The molecule has 0 amide bonds. The van der Waals surface area contributed by atoms with Crippen molar-refractivity contribution in [1.82, 2.24) is 4.72 Å². The Morgan fingerprint density at radius 2 is 2.00 bits per heavy atom. The molecule has 1 aromatic carbocycles. The van der Waals surface area contributed by atoms with Crippen LogP contribution in [0.2, 0.25) is 0 Å². The van der Waals surface area contributed by atoms with Gasteiger partial charge in [-0.05, 0) is 68.2 Å². The Hall–Kier alpha value is -1.66. The first-order valence-corrected chi connectivity index (χ1v) is 9.97. The molecule has 2 aromatic rings. The monoisotopic (exact) mass is 347 g/mol. The predicted molar refractivity (Wildman–Crippen MR) is 91.2 cm³/mol. The van der Waals surface area contributed by atoms with Crippen molar-refractivity contribution in [3.63, 3.8) is 0 Å². The summed E-state index contributed by atoms with van der Waals surface area (Å²) in [7, 11) is -3.59. The van der Waals surface area contributed by atoms with E-state index in [2.05, 4.69) is 4.72 Å². The maximum absolute atomic E-state index is 12.7. The Labute approximate surface area is 141 Å². The molecule has 128 valence electrons. The smallest absolute Gasteiger partial charge is 0.336 e. The summed E-state index contributed by atoms with van der Waals surface area (Å²) in [5, 5.41) is 0.602. The van der Waals surface area contributed by atoms with E-state index < -0.39 is 15.6 Å². The summed E-state index contributed by atoms with van der Waals surface area (Å²) in [5.74, 6) is 1.89. The van der Waals surface area contributed by atoms with Crippen molar-refractivity contribution in [2.24, 2.45) is 17.8 Å². The number of rotatable bonds is 4. The summed E-state index contributed by atoms with van der Waals surface area (Å²) in [5.41, 5.74) is -0.0521. The third-order valence-corrected chi connectivity index (χ3v) is 7.23. The average Bonchev–Trinajstić information content (AvgIpc) is 3.17. The first kappa shape index (κ1) is 15.8. The Bertz CT molecular complexity index is 933. The molecule has 0 aliphatic heterocycles. The van der Waals surface area contributed by atoms with Crippen molar-refractivity contribution in [1.29, 1.82) is 0 Å². The predicted octanol–water partition coefficient (Wildman–Crippen LogP) is 2.90. The van der Waals surface area contributed by atoms with Crippen molar-refractivity contribution in [2.75, 3.05) is 0 Å². The zero-order chi connectivity index (χ0) is 16.9. The van der Waals surface area contributed by atoms with E-state index in [-0.39, 0.29) is 10.9 Å². The first-order valence-electron chi connectivity index (χ1n) is 8.48. The highest BCUT2D eigenvalue weighted by atomic mass is 32.2. The van der Waals surface area contributed by atoms with Crippen LogP contribution in [0.15, 0.2) is 44.4 Å². The number of nitrogens with one attached hydrogen (secondary N) is 1. The van der Waals surface area contributed by atoms with Gasteiger partial charge in [0.2, 0.25) is 10.0 Å².